The van der Waals surface area contributed by atoms with Gasteiger partial charge in [-0.25, -0.2) is 0 Å². The topological polar surface area (TPSA) is 31.6 Å². The van der Waals surface area contributed by atoms with Gasteiger partial charge in [0.05, 0.1) is 11.2 Å². The van der Waals surface area contributed by atoms with E-state index >= 15 is 0 Å². The van der Waals surface area contributed by atoms with Gasteiger partial charge in [-0.15, -0.1) is 0 Å². The molecule has 7 aromatic rings. The molecule has 6 aromatic carbocycles. The molecular formula is C59H61BO3. The Kier molecular flexibility index (Phi) is 8.85. The molecule has 6 aliphatic carbocycles. The van der Waals surface area contributed by atoms with E-state index in [1.165, 1.54) is 122 Å². The summed E-state index contributed by atoms with van der Waals surface area (Å²) in [6.07, 6.45) is 15.9. The highest BCUT2D eigenvalue weighted by molar-refractivity contribution is 6.62. The van der Waals surface area contributed by atoms with Crippen LogP contribution in [0.1, 0.15) is 128 Å². The summed E-state index contributed by atoms with van der Waals surface area (Å²) in [5.74, 6) is 0. The lowest BCUT2D eigenvalue weighted by Crippen LogP contribution is -2.46. The van der Waals surface area contributed by atoms with Crippen LogP contribution in [0.4, 0.5) is 0 Å². The molecule has 14 rings (SSSR count). The monoisotopic (exact) mass is 828 g/mol. The van der Waals surface area contributed by atoms with Crippen molar-refractivity contribution in [2.75, 3.05) is 0 Å². The standard InChI is InChI=1S/C59H61BO3/c1-54(2)55(3,4)63-60(62-54)49-23-25-51-50-24-16-45(38-52(50)61-53(51)39-49)44-14-21-48(22-15-44)59-35-32-58(33-36-59,34-37-59)47-19-12-43(13-20-47)41-8-6-40(7-9-41)42-10-17-46(18-11-42)57-29-26-56(5,27-30-57)28-31-57/h6-25,38-39H,26-37H2,1-5H3. The average Bonchev–Trinajstić information content (AvgIpc) is 3.80. The first kappa shape index (κ1) is 39.7. The molecule has 1 aromatic heterocycles. The van der Waals surface area contributed by atoms with Crippen molar-refractivity contribution in [2.45, 2.75) is 139 Å². The largest absolute Gasteiger partial charge is 0.494 e. The molecular weight excluding hydrogens is 767 g/mol. The van der Waals surface area contributed by atoms with E-state index in [2.05, 4.69) is 168 Å². The van der Waals surface area contributed by atoms with Crippen molar-refractivity contribution >= 4 is 34.5 Å². The Labute approximate surface area is 374 Å². The highest BCUT2D eigenvalue weighted by atomic mass is 16.7. The van der Waals surface area contributed by atoms with Gasteiger partial charge in [0.15, 0.2) is 0 Å². The van der Waals surface area contributed by atoms with E-state index in [1.54, 1.807) is 5.56 Å². The molecule has 1 saturated heterocycles. The van der Waals surface area contributed by atoms with E-state index in [1.807, 2.05) is 0 Å². The summed E-state index contributed by atoms with van der Waals surface area (Å²) in [6, 6.07) is 51.0. The maximum Gasteiger partial charge on any atom is 0.494 e. The summed E-state index contributed by atoms with van der Waals surface area (Å²) in [6.45, 7) is 10.9. The number of hydrogen-bond acceptors (Lipinski definition) is 3. The lowest BCUT2D eigenvalue weighted by atomic mass is 9.50. The minimum atomic E-state index is -0.411. The van der Waals surface area contributed by atoms with Crippen LogP contribution in [-0.4, -0.2) is 18.3 Å². The molecule has 0 radical (unpaired) electrons. The van der Waals surface area contributed by atoms with Gasteiger partial charge in [-0.2, -0.15) is 0 Å². The Hall–Kier alpha value is -4.90. The van der Waals surface area contributed by atoms with Gasteiger partial charge in [-0.3, -0.25) is 0 Å². The third kappa shape index (κ3) is 6.44. The third-order valence-electron chi connectivity index (χ3n) is 18.3. The Morgan fingerprint density at radius 1 is 0.349 bits per heavy atom. The van der Waals surface area contributed by atoms with Gasteiger partial charge in [0.2, 0.25) is 0 Å². The van der Waals surface area contributed by atoms with E-state index in [4.69, 9.17) is 13.7 Å². The summed E-state index contributed by atoms with van der Waals surface area (Å²) < 4.78 is 19.1. The molecule has 0 unspecified atom stereocenters. The fourth-order valence-corrected chi connectivity index (χ4v) is 12.9. The van der Waals surface area contributed by atoms with Gasteiger partial charge >= 0.3 is 7.12 Å². The summed E-state index contributed by atoms with van der Waals surface area (Å²) in [5.41, 5.74) is 15.9. The molecule has 4 bridgehead atoms. The summed E-state index contributed by atoms with van der Waals surface area (Å²) in [5, 5.41) is 2.25. The molecule has 0 spiro atoms. The van der Waals surface area contributed by atoms with Crippen LogP contribution in [0.2, 0.25) is 0 Å². The van der Waals surface area contributed by atoms with Gasteiger partial charge in [-0.1, -0.05) is 122 Å². The molecule has 2 heterocycles. The number of furan rings is 1. The normalized spacial score (nSPS) is 28.3. The van der Waals surface area contributed by atoms with Crippen LogP contribution in [0.5, 0.6) is 0 Å². The molecule has 0 N–H and O–H groups in total. The predicted molar refractivity (Wildman–Crippen MR) is 261 cm³/mol. The molecule has 1 aliphatic heterocycles. The Morgan fingerprint density at radius 3 is 1.08 bits per heavy atom. The maximum absolute atomic E-state index is 6.49. The molecule has 7 fully saturated rings. The second-order valence-corrected chi connectivity index (χ2v) is 22.1. The Morgan fingerprint density at radius 2 is 0.667 bits per heavy atom. The van der Waals surface area contributed by atoms with Crippen LogP contribution in [0, 0.1) is 5.41 Å². The zero-order chi connectivity index (χ0) is 42.8. The van der Waals surface area contributed by atoms with Crippen molar-refractivity contribution in [2.24, 2.45) is 5.41 Å². The Balaban J connectivity index is 0.699. The Bertz CT molecular complexity index is 2800. The SMILES string of the molecule is CC12CCC(c3ccc(-c4ccc(-c5ccc(C67CCC(c8ccc(-c9ccc%10c(c9)oc9cc(B%11OC(C)(C)C(C)(C)O%11)ccc9%10)cc8)(CC6)CC7)cc5)cc4)cc3)(CC1)CC2. The van der Waals surface area contributed by atoms with Gasteiger partial charge in [0, 0.05) is 10.8 Å². The molecule has 63 heavy (non-hydrogen) atoms. The molecule has 0 atom stereocenters. The van der Waals surface area contributed by atoms with E-state index in [9.17, 15) is 0 Å². The molecule has 0 amide bonds. The van der Waals surface area contributed by atoms with E-state index in [-0.39, 0.29) is 16.6 Å². The first-order valence-corrected chi connectivity index (χ1v) is 24.1. The fraction of sp³-hybridized carbons (Fsp3) is 0.390. The van der Waals surface area contributed by atoms with Crippen LogP contribution in [0.15, 0.2) is 138 Å². The lowest BCUT2D eigenvalue weighted by molar-refractivity contribution is 0.00578. The molecule has 318 valence electrons. The predicted octanol–water partition coefficient (Wildman–Crippen LogP) is 15.0. The highest BCUT2D eigenvalue weighted by Crippen LogP contribution is 2.59. The summed E-state index contributed by atoms with van der Waals surface area (Å²) >= 11 is 0. The maximum atomic E-state index is 6.49. The van der Waals surface area contributed by atoms with Gasteiger partial charge in [0.1, 0.15) is 11.2 Å². The minimum absolute atomic E-state index is 0.285. The lowest BCUT2D eigenvalue weighted by Gasteiger charge is -2.54. The van der Waals surface area contributed by atoms with Crippen LogP contribution >= 0.6 is 0 Å². The van der Waals surface area contributed by atoms with Crippen LogP contribution < -0.4 is 5.46 Å². The molecule has 6 saturated carbocycles. The third-order valence-corrected chi connectivity index (χ3v) is 18.3. The number of rotatable bonds is 7. The van der Waals surface area contributed by atoms with Gasteiger partial charge in [-0.05, 0) is 200 Å². The number of hydrogen-bond donors (Lipinski definition) is 0. The van der Waals surface area contributed by atoms with E-state index in [0.29, 0.717) is 16.2 Å². The van der Waals surface area contributed by atoms with Gasteiger partial charge in [0.25, 0.3) is 0 Å². The van der Waals surface area contributed by atoms with Crippen LogP contribution in [0.3, 0.4) is 0 Å². The number of fused-ring (bicyclic) bond motifs is 9. The second kappa shape index (κ2) is 14.1. The van der Waals surface area contributed by atoms with Crippen molar-refractivity contribution in [1.29, 1.82) is 0 Å². The van der Waals surface area contributed by atoms with Crippen LogP contribution in [0.25, 0.3) is 55.3 Å². The molecule has 3 nitrogen and oxygen atoms in total. The average molecular weight is 829 g/mol. The van der Waals surface area contributed by atoms with E-state index < -0.39 is 7.12 Å². The molecule has 7 aliphatic rings. The quantitative estimate of drug-likeness (QED) is 0.150. The van der Waals surface area contributed by atoms with Crippen molar-refractivity contribution in [3.8, 4) is 33.4 Å². The zero-order valence-corrected chi connectivity index (χ0v) is 38.0. The highest BCUT2D eigenvalue weighted by Gasteiger charge is 2.52. The van der Waals surface area contributed by atoms with Crippen molar-refractivity contribution in [3.63, 3.8) is 0 Å². The summed E-state index contributed by atoms with van der Waals surface area (Å²) in [7, 11) is -0.411. The second-order valence-electron chi connectivity index (χ2n) is 22.1. The molecule has 4 heteroatoms. The van der Waals surface area contributed by atoms with Crippen molar-refractivity contribution < 1.29 is 13.7 Å². The van der Waals surface area contributed by atoms with Crippen LogP contribution in [-0.2, 0) is 25.6 Å². The van der Waals surface area contributed by atoms with Crippen molar-refractivity contribution in [1.82, 2.24) is 0 Å². The van der Waals surface area contributed by atoms with Gasteiger partial charge < -0.3 is 13.7 Å². The minimum Gasteiger partial charge on any atom is -0.456 e. The first-order chi connectivity index (χ1) is 30.3. The summed E-state index contributed by atoms with van der Waals surface area (Å²) in [4.78, 5) is 0. The number of benzene rings is 6. The zero-order valence-electron chi connectivity index (χ0n) is 38.0. The van der Waals surface area contributed by atoms with Crippen molar-refractivity contribution in [3.05, 3.63) is 150 Å². The van der Waals surface area contributed by atoms with E-state index in [0.717, 1.165) is 27.4 Å². The fourth-order valence-electron chi connectivity index (χ4n) is 12.9. The smallest absolute Gasteiger partial charge is 0.456 e. The first-order valence-electron chi connectivity index (χ1n) is 24.1.